The van der Waals surface area contributed by atoms with Crippen LogP contribution in [0.25, 0.3) is 16.8 Å². The highest BCUT2D eigenvalue weighted by Gasteiger charge is 2.19. The van der Waals surface area contributed by atoms with Gasteiger partial charge in [0.1, 0.15) is 17.1 Å². The topological polar surface area (TPSA) is 57.8 Å². The van der Waals surface area contributed by atoms with Crippen molar-refractivity contribution in [3.63, 3.8) is 0 Å². The fraction of sp³-hybridized carbons (Fsp3) is 0.235. The lowest BCUT2D eigenvalue weighted by molar-refractivity contribution is 0.453. The maximum Gasteiger partial charge on any atom is 0.145 e. The number of imidazole rings is 1. The molecule has 0 radical (unpaired) electrons. The lowest BCUT2D eigenvalue weighted by atomic mass is 9.97. The van der Waals surface area contributed by atoms with Crippen molar-refractivity contribution in [3.05, 3.63) is 46.9 Å². The Kier molecular flexibility index (Phi) is 3.71. The van der Waals surface area contributed by atoms with Crippen LogP contribution in [-0.2, 0) is 6.42 Å². The highest BCUT2D eigenvalue weighted by molar-refractivity contribution is 6.31. The van der Waals surface area contributed by atoms with E-state index >= 15 is 0 Å². The minimum Gasteiger partial charge on any atom is -0.507 e. The second-order valence-electron chi connectivity index (χ2n) is 5.39. The standard InChI is InChI=1S/C17H17ClN2O2/c1-3-4-11-7-13(21)16(14(22)8-11)15-10(2)12(18)9-20-6-5-19-17(15)20/h5-9,21-22H,3-4H2,1-2H3. The van der Waals surface area contributed by atoms with Gasteiger partial charge in [-0.1, -0.05) is 24.9 Å². The molecule has 3 aromatic rings. The van der Waals surface area contributed by atoms with Crippen LogP contribution in [0.4, 0.5) is 0 Å². The van der Waals surface area contributed by atoms with E-state index in [1.807, 2.05) is 6.92 Å². The van der Waals surface area contributed by atoms with E-state index in [1.165, 1.54) is 0 Å². The third-order valence-corrected chi connectivity index (χ3v) is 4.20. The van der Waals surface area contributed by atoms with E-state index in [4.69, 9.17) is 11.6 Å². The van der Waals surface area contributed by atoms with Gasteiger partial charge in [-0.05, 0) is 36.6 Å². The quantitative estimate of drug-likeness (QED) is 0.756. The van der Waals surface area contributed by atoms with Crippen LogP contribution in [0.15, 0.2) is 30.7 Å². The van der Waals surface area contributed by atoms with Gasteiger partial charge in [0.2, 0.25) is 0 Å². The summed E-state index contributed by atoms with van der Waals surface area (Å²) >= 11 is 6.27. The number of hydrogen-bond acceptors (Lipinski definition) is 3. The Labute approximate surface area is 133 Å². The molecule has 0 unspecified atom stereocenters. The Morgan fingerprint density at radius 3 is 2.50 bits per heavy atom. The maximum absolute atomic E-state index is 10.4. The normalized spacial score (nSPS) is 11.2. The summed E-state index contributed by atoms with van der Waals surface area (Å²) in [6, 6.07) is 3.39. The number of aromatic nitrogens is 2. The smallest absolute Gasteiger partial charge is 0.145 e. The lowest BCUT2D eigenvalue weighted by Crippen LogP contribution is -1.95. The van der Waals surface area contributed by atoms with E-state index in [0.29, 0.717) is 21.8 Å². The number of halogens is 1. The van der Waals surface area contributed by atoms with Crippen LogP contribution in [0, 0.1) is 6.92 Å². The first-order valence-electron chi connectivity index (χ1n) is 7.20. The molecule has 22 heavy (non-hydrogen) atoms. The molecular weight excluding hydrogens is 300 g/mol. The number of phenols is 2. The Hall–Kier alpha value is -2.20. The summed E-state index contributed by atoms with van der Waals surface area (Å²) in [4.78, 5) is 4.32. The zero-order valence-corrected chi connectivity index (χ0v) is 13.2. The van der Waals surface area contributed by atoms with Crippen LogP contribution in [0.2, 0.25) is 5.02 Å². The minimum absolute atomic E-state index is 0.0405. The van der Waals surface area contributed by atoms with Crippen molar-refractivity contribution >= 4 is 17.2 Å². The van der Waals surface area contributed by atoms with E-state index in [-0.39, 0.29) is 11.5 Å². The highest BCUT2D eigenvalue weighted by atomic mass is 35.5. The predicted molar refractivity (Wildman–Crippen MR) is 87.7 cm³/mol. The molecule has 2 aromatic heterocycles. The van der Waals surface area contributed by atoms with Crippen molar-refractivity contribution in [2.24, 2.45) is 0 Å². The molecule has 3 rings (SSSR count). The molecule has 0 amide bonds. The second kappa shape index (κ2) is 5.54. The summed E-state index contributed by atoms with van der Waals surface area (Å²) in [5.74, 6) is 0.0810. The Balaban J connectivity index is 2.32. The van der Waals surface area contributed by atoms with E-state index in [2.05, 4.69) is 11.9 Å². The van der Waals surface area contributed by atoms with Crippen molar-refractivity contribution in [1.82, 2.24) is 9.38 Å². The van der Waals surface area contributed by atoms with E-state index in [1.54, 1.807) is 35.1 Å². The number of nitrogens with zero attached hydrogens (tertiary/aromatic N) is 2. The molecule has 5 heteroatoms. The predicted octanol–water partition coefficient (Wildman–Crippen LogP) is 4.33. The van der Waals surface area contributed by atoms with E-state index in [9.17, 15) is 10.2 Å². The number of pyridine rings is 1. The van der Waals surface area contributed by atoms with Crippen molar-refractivity contribution in [1.29, 1.82) is 0 Å². The average Bonchev–Trinajstić information content (AvgIpc) is 2.90. The molecular formula is C17H17ClN2O2. The van der Waals surface area contributed by atoms with Crippen molar-refractivity contribution < 1.29 is 10.2 Å². The molecule has 114 valence electrons. The molecule has 0 atom stereocenters. The monoisotopic (exact) mass is 316 g/mol. The largest absolute Gasteiger partial charge is 0.507 e. The number of benzene rings is 1. The van der Waals surface area contributed by atoms with Gasteiger partial charge in [-0.25, -0.2) is 4.98 Å². The maximum atomic E-state index is 10.4. The zero-order valence-electron chi connectivity index (χ0n) is 12.5. The summed E-state index contributed by atoms with van der Waals surface area (Å²) in [6.07, 6.45) is 6.95. The number of rotatable bonds is 3. The van der Waals surface area contributed by atoms with Gasteiger partial charge in [-0.2, -0.15) is 0 Å². The first-order valence-corrected chi connectivity index (χ1v) is 7.57. The fourth-order valence-corrected chi connectivity index (χ4v) is 2.97. The number of aryl methyl sites for hydroxylation is 1. The summed E-state index contributed by atoms with van der Waals surface area (Å²) in [7, 11) is 0. The van der Waals surface area contributed by atoms with Crippen LogP contribution < -0.4 is 0 Å². The van der Waals surface area contributed by atoms with Crippen LogP contribution in [-0.4, -0.2) is 19.6 Å². The molecule has 0 aliphatic rings. The fourth-order valence-electron chi connectivity index (χ4n) is 2.77. The number of phenolic OH excluding ortho intramolecular Hbond substituents is 2. The Morgan fingerprint density at radius 2 is 1.86 bits per heavy atom. The molecule has 4 nitrogen and oxygen atoms in total. The summed E-state index contributed by atoms with van der Waals surface area (Å²) in [6.45, 7) is 3.91. The van der Waals surface area contributed by atoms with Crippen molar-refractivity contribution in [3.8, 4) is 22.6 Å². The molecule has 2 heterocycles. The molecule has 0 fully saturated rings. The second-order valence-corrected chi connectivity index (χ2v) is 5.80. The molecule has 0 spiro atoms. The summed E-state index contributed by atoms with van der Waals surface area (Å²) < 4.78 is 1.78. The summed E-state index contributed by atoms with van der Waals surface area (Å²) in [5.41, 5.74) is 3.34. The molecule has 0 aliphatic carbocycles. The Bertz CT molecular complexity index is 832. The van der Waals surface area contributed by atoms with Gasteiger partial charge in [0.25, 0.3) is 0 Å². The van der Waals surface area contributed by atoms with Crippen molar-refractivity contribution in [2.45, 2.75) is 26.7 Å². The van der Waals surface area contributed by atoms with Gasteiger partial charge in [-0.3, -0.25) is 0 Å². The molecule has 0 saturated carbocycles. The molecule has 2 N–H and O–H groups in total. The first kappa shape index (κ1) is 14.7. The first-order chi connectivity index (χ1) is 10.5. The number of hydrogen-bond donors (Lipinski definition) is 2. The van der Waals surface area contributed by atoms with Gasteiger partial charge in [-0.15, -0.1) is 0 Å². The summed E-state index contributed by atoms with van der Waals surface area (Å²) in [5, 5.41) is 21.4. The van der Waals surface area contributed by atoms with Crippen LogP contribution in [0.1, 0.15) is 24.5 Å². The number of fused-ring (bicyclic) bond motifs is 1. The average molecular weight is 317 g/mol. The molecule has 1 aromatic carbocycles. The van der Waals surface area contributed by atoms with Gasteiger partial charge in [0.05, 0.1) is 10.6 Å². The van der Waals surface area contributed by atoms with Gasteiger partial charge < -0.3 is 14.6 Å². The van der Waals surface area contributed by atoms with Gasteiger partial charge in [0.15, 0.2) is 0 Å². The van der Waals surface area contributed by atoms with Gasteiger partial charge >= 0.3 is 0 Å². The molecule has 0 saturated heterocycles. The third kappa shape index (κ3) is 2.29. The SMILES string of the molecule is CCCc1cc(O)c(-c2c(C)c(Cl)cn3ccnc23)c(O)c1. The minimum atomic E-state index is 0.0405. The molecule has 0 aliphatic heterocycles. The Morgan fingerprint density at radius 1 is 1.18 bits per heavy atom. The van der Waals surface area contributed by atoms with Gasteiger partial charge in [0, 0.05) is 24.2 Å². The van der Waals surface area contributed by atoms with Crippen molar-refractivity contribution in [2.75, 3.05) is 0 Å². The zero-order chi connectivity index (χ0) is 15.9. The van der Waals surface area contributed by atoms with E-state index in [0.717, 1.165) is 24.0 Å². The molecule has 0 bridgehead atoms. The van der Waals surface area contributed by atoms with Crippen LogP contribution in [0.5, 0.6) is 11.5 Å². The van der Waals surface area contributed by atoms with Crippen LogP contribution in [0.3, 0.4) is 0 Å². The lowest BCUT2D eigenvalue weighted by Gasteiger charge is -2.14. The highest BCUT2D eigenvalue weighted by Crippen LogP contribution is 2.43. The number of aromatic hydroxyl groups is 2. The van der Waals surface area contributed by atoms with Crippen LogP contribution >= 0.6 is 11.6 Å². The third-order valence-electron chi connectivity index (χ3n) is 3.82. The van der Waals surface area contributed by atoms with E-state index < -0.39 is 0 Å².